The Balaban J connectivity index is 1.93. The van der Waals surface area contributed by atoms with Gasteiger partial charge in [-0.2, -0.15) is 0 Å². The monoisotopic (exact) mass is 360 g/mol. The number of piperazine rings is 1. The van der Waals surface area contributed by atoms with Crippen LogP contribution in [0.4, 0.5) is 0 Å². The second-order valence-corrected chi connectivity index (χ2v) is 5.87. The summed E-state index contributed by atoms with van der Waals surface area (Å²) in [5.74, 6) is 0. The van der Waals surface area contributed by atoms with Crippen LogP contribution in [0.1, 0.15) is 5.56 Å². The van der Waals surface area contributed by atoms with Crippen LogP contribution in [0.15, 0.2) is 27.1 Å². The number of nitrogens with zero attached hydrogens (tertiary/aromatic N) is 2. The normalized spacial score (nSPS) is 17.2. The number of halogens is 2. The molecule has 17 heavy (non-hydrogen) atoms. The van der Waals surface area contributed by atoms with Crippen LogP contribution in [0, 0.1) is 0 Å². The lowest BCUT2D eigenvalue weighted by Crippen LogP contribution is -2.45. The molecule has 3 nitrogen and oxygen atoms in total. The van der Waals surface area contributed by atoms with Crippen LogP contribution in [0.25, 0.3) is 0 Å². The summed E-state index contributed by atoms with van der Waals surface area (Å²) in [6.07, 6.45) is 0.938. The Labute approximate surface area is 118 Å². The van der Waals surface area contributed by atoms with Crippen molar-refractivity contribution >= 4 is 38.3 Å². The lowest BCUT2D eigenvalue weighted by molar-refractivity contribution is -0.119. The number of carbonyl (C=O) groups is 1. The van der Waals surface area contributed by atoms with Crippen molar-refractivity contribution in [1.29, 1.82) is 0 Å². The van der Waals surface area contributed by atoms with Crippen molar-refractivity contribution in [2.75, 3.05) is 26.2 Å². The SMILES string of the molecule is O=CN1CCN(Cc2ccc(Br)c(Br)c2)CC1. The molecule has 1 heterocycles. The summed E-state index contributed by atoms with van der Waals surface area (Å²) >= 11 is 6.98. The van der Waals surface area contributed by atoms with Gasteiger partial charge in [-0.05, 0) is 49.6 Å². The van der Waals surface area contributed by atoms with E-state index in [0.29, 0.717) is 0 Å². The molecule has 0 N–H and O–H groups in total. The lowest BCUT2D eigenvalue weighted by atomic mass is 10.2. The number of hydrogen-bond donors (Lipinski definition) is 0. The first-order valence-electron chi connectivity index (χ1n) is 5.54. The van der Waals surface area contributed by atoms with Gasteiger partial charge in [0, 0.05) is 41.7 Å². The maximum Gasteiger partial charge on any atom is 0.209 e. The number of hydrogen-bond acceptors (Lipinski definition) is 2. The van der Waals surface area contributed by atoms with E-state index >= 15 is 0 Å². The average Bonchev–Trinajstić information content (AvgIpc) is 2.35. The van der Waals surface area contributed by atoms with Crippen molar-refractivity contribution < 1.29 is 4.79 Å². The summed E-state index contributed by atoms with van der Waals surface area (Å²) in [5.41, 5.74) is 1.29. The molecular weight excluding hydrogens is 348 g/mol. The van der Waals surface area contributed by atoms with Crippen molar-refractivity contribution in [3.05, 3.63) is 32.7 Å². The van der Waals surface area contributed by atoms with Crippen LogP contribution >= 0.6 is 31.9 Å². The Kier molecular flexibility index (Phi) is 4.59. The smallest absolute Gasteiger partial charge is 0.209 e. The lowest BCUT2D eigenvalue weighted by Gasteiger charge is -2.32. The zero-order chi connectivity index (χ0) is 12.3. The third-order valence-electron chi connectivity index (χ3n) is 2.95. The molecule has 1 saturated heterocycles. The van der Waals surface area contributed by atoms with Crippen LogP contribution in [0.2, 0.25) is 0 Å². The topological polar surface area (TPSA) is 23.6 Å². The van der Waals surface area contributed by atoms with Gasteiger partial charge in [0.2, 0.25) is 6.41 Å². The molecule has 0 spiro atoms. The van der Waals surface area contributed by atoms with Crippen molar-refractivity contribution in [2.45, 2.75) is 6.54 Å². The quantitative estimate of drug-likeness (QED) is 0.772. The summed E-state index contributed by atoms with van der Waals surface area (Å²) in [5, 5.41) is 0. The summed E-state index contributed by atoms with van der Waals surface area (Å²) in [6, 6.07) is 6.32. The fraction of sp³-hybridized carbons (Fsp3) is 0.417. The van der Waals surface area contributed by atoms with E-state index in [2.05, 4.69) is 55.0 Å². The number of amides is 1. The largest absolute Gasteiger partial charge is 0.343 e. The van der Waals surface area contributed by atoms with Crippen LogP contribution in [-0.2, 0) is 11.3 Å². The van der Waals surface area contributed by atoms with Crippen LogP contribution < -0.4 is 0 Å². The fourth-order valence-corrected chi connectivity index (χ4v) is 2.60. The zero-order valence-electron chi connectivity index (χ0n) is 9.40. The molecule has 0 aromatic heterocycles. The molecule has 0 unspecified atom stereocenters. The summed E-state index contributed by atoms with van der Waals surface area (Å²) in [4.78, 5) is 14.8. The predicted molar refractivity (Wildman–Crippen MR) is 74.8 cm³/mol. The van der Waals surface area contributed by atoms with Crippen LogP contribution in [0.5, 0.6) is 0 Å². The highest BCUT2D eigenvalue weighted by molar-refractivity contribution is 9.13. The van der Waals surface area contributed by atoms with Gasteiger partial charge in [0.15, 0.2) is 0 Å². The number of rotatable bonds is 3. The van der Waals surface area contributed by atoms with Crippen LogP contribution in [-0.4, -0.2) is 42.4 Å². The van der Waals surface area contributed by atoms with Gasteiger partial charge in [0.05, 0.1) is 0 Å². The summed E-state index contributed by atoms with van der Waals surface area (Å²) in [6.45, 7) is 4.51. The Morgan fingerprint density at radius 1 is 1.12 bits per heavy atom. The first-order valence-corrected chi connectivity index (χ1v) is 7.13. The standard InChI is InChI=1S/C12H14Br2N2O/c13-11-2-1-10(7-12(11)14)8-15-3-5-16(9-17)6-4-15/h1-2,7,9H,3-6,8H2. The molecule has 0 radical (unpaired) electrons. The molecule has 0 atom stereocenters. The summed E-state index contributed by atoms with van der Waals surface area (Å²) in [7, 11) is 0. The Bertz CT molecular complexity index is 403. The van der Waals surface area contributed by atoms with Gasteiger partial charge in [0.1, 0.15) is 0 Å². The molecule has 1 amide bonds. The van der Waals surface area contributed by atoms with Crippen molar-refractivity contribution in [1.82, 2.24) is 9.80 Å². The van der Waals surface area contributed by atoms with Gasteiger partial charge in [-0.3, -0.25) is 9.69 Å². The molecule has 1 aromatic rings. The molecular formula is C12H14Br2N2O. The zero-order valence-corrected chi connectivity index (χ0v) is 12.6. The third-order valence-corrected chi connectivity index (χ3v) is 4.83. The Morgan fingerprint density at radius 2 is 1.82 bits per heavy atom. The minimum atomic E-state index is 0.835. The Hall–Kier alpha value is -0.390. The van der Waals surface area contributed by atoms with Gasteiger partial charge < -0.3 is 4.90 Å². The van der Waals surface area contributed by atoms with Crippen molar-refractivity contribution in [3.8, 4) is 0 Å². The highest BCUT2D eigenvalue weighted by Gasteiger charge is 2.15. The minimum absolute atomic E-state index is 0.835. The van der Waals surface area contributed by atoms with E-state index in [4.69, 9.17) is 0 Å². The predicted octanol–water partition coefficient (Wildman–Crippen LogP) is 2.49. The van der Waals surface area contributed by atoms with Gasteiger partial charge in [0.25, 0.3) is 0 Å². The highest BCUT2D eigenvalue weighted by atomic mass is 79.9. The van der Waals surface area contributed by atoms with E-state index in [0.717, 1.165) is 48.1 Å². The molecule has 92 valence electrons. The van der Waals surface area contributed by atoms with E-state index < -0.39 is 0 Å². The van der Waals surface area contributed by atoms with Gasteiger partial charge in [-0.1, -0.05) is 6.07 Å². The van der Waals surface area contributed by atoms with Gasteiger partial charge >= 0.3 is 0 Å². The molecule has 0 saturated carbocycles. The molecule has 2 rings (SSSR count). The van der Waals surface area contributed by atoms with E-state index in [-0.39, 0.29) is 0 Å². The molecule has 1 fully saturated rings. The van der Waals surface area contributed by atoms with Crippen molar-refractivity contribution in [3.63, 3.8) is 0 Å². The van der Waals surface area contributed by atoms with Gasteiger partial charge in [-0.15, -0.1) is 0 Å². The average molecular weight is 362 g/mol. The first kappa shape index (κ1) is 13.1. The molecule has 1 aromatic carbocycles. The molecule has 0 aliphatic carbocycles. The summed E-state index contributed by atoms with van der Waals surface area (Å²) < 4.78 is 2.16. The maximum atomic E-state index is 10.6. The minimum Gasteiger partial charge on any atom is -0.343 e. The highest BCUT2D eigenvalue weighted by Crippen LogP contribution is 2.24. The van der Waals surface area contributed by atoms with E-state index in [1.165, 1.54) is 5.56 Å². The second-order valence-electron chi connectivity index (χ2n) is 4.17. The van der Waals surface area contributed by atoms with Crippen LogP contribution in [0.3, 0.4) is 0 Å². The van der Waals surface area contributed by atoms with E-state index in [1.807, 2.05) is 4.90 Å². The Morgan fingerprint density at radius 3 is 2.41 bits per heavy atom. The third kappa shape index (κ3) is 3.53. The molecule has 5 heteroatoms. The molecule has 1 aliphatic rings. The van der Waals surface area contributed by atoms with E-state index in [9.17, 15) is 4.79 Å². The second kappa shape index (κ2) is 5.98. The van der Waals surface area contributed by atoms with Gasteiger partial charge in [-0.25, -0.2) is 0 Å². The first-order chi connectivity index (χ1) is 8.19. The number of benzene rings is 1. The van der Waals surface area contributed by atoms with E-state index in [1.54, 1.807) is 0 Å². The number of carbonyl (C=O) groups excluding carboxylic acids is 1. The maximum absolute atomic E-state index is 10.6. The fourth-order valence-electron chi connectivity index (χ4n) is 1.92. The van der Waals surface area contributed by atoms with Crippen molar-refractivity contribution in [2.24, 2.45) is 0 Å². The molecule has 1 aliphatic heterocycles. The molecule has 0 bridgehead atoms.